The average molecular weight is 355 g/mol. The number of aromatic nitrogens is 1. The highest BCUT2D eigenvalue weighted by Crippen LogP contribution is 2.32. The minimum atomic E-state index is -0.301. The van der Waals surface area contributed by atoms with Crippen molar-refractivity contribution in [2.75, 3.05) is 13.2 Å². The van der Waals surface area contributed by atoms with E-state index in [1.165, 1.54) is 0 Å². The molecule has 2 fully saturated rings. The molecule has 1 N–H and O–H groups in total. The molecule has 2 aromatic rings. The summed E-state index contributed by atoms with van der Waals surface area (Å²) >= 11 is 0. The lowest BCUT2D eigenvalue weighted by molar-refractivity contribution is -0.129. The Morgan fingerprint density at radius 1 is 1.31 bits per heavy atom. The van der Waals surface area contributed by atoms with Crippen LogP contribution in [0.25, 0.3) is 0 Å². The number of pyridine rings is 1. The zero-order chi connectivity index (χ0) is 17.9. The number of nitrogens with one attached hydrogen (secondary N) is 1. The third-order valence-electron chi connectivity index (χ3n) is 5.07. The van der Waals surface area contributed by atoms with Crippen molar-refractivity contribution >= 4 is 11.8 Å². The van der Waals surface area contributed by atoms with Gasteiger partial charge in [-0.05, 0) is 37.1 Å². The van der Waals surface area contributed by atoms with Gasteiger partial charge in [-0.25, -0.2) is 0 Å². The van der Waals surface area contributed by atoms with Crippen LogP contribution in [0.1, 0.15) is 29.0 Å². The van der Waals surface area contributed by atoms with E-state index < -0.39 is 0 Å². The zero-order valence-corrected chi connectivity index (χ0v) is 14.3. The first kappa shape index (κ1) is 16.8. The van der Waals surface area contributed by atoms with Crippen LogP contribution in [0.3, 0.4) is 0 Å². The summed E-state index contributed by atoms with van der Waals surface area (Å²) in [6, 6.07) is 7.12. The van der Waals surface area contributed by atoms with Crippen molar-refractivity contribution in [2.24, 2.45) is 5.92 Å². The molecule has 3 atom stereocenters. The zero-order valence-electron chi connectivity index (χ0n) is 14.3. The highest BCUT2D eigenvalue weighted by Gasteiger charge is 2.44. The summed E-state index contributed by atoms with van der Waals surface area (Å²) in [5.74, 6) is 0.221. The second kappa shape index (κ2) is 7.29. The molecule has 0 aromatic carbocycles. The number of hydrogen-bond acceptors (Lipinski definition) is 5. The van der Waals surface area contributed by atoms with Gasteiger partial charge in [-0.1, -0.05) is 0 Å². The molecule has 2 amide bonds. The minimum absolute atomic E-state index is 0.0248. The Morgan fingerprint density at radius 2 is 2.23 bits per heavy atom. The third-order valence-corrected chi connectivity index (χ3v) is 5.07. The number of rotatable bonds is 4. The van der Waals surface area contributed by atoms with E-state index in [0.717, 1.165) is 6.42 Å². The standard InChI is InChI=1S/C19H21N3O4/c23-18(21-11-15-4-2-7-25-15)14-9-17-16(5-8-26-17)22(12-14)19(24)13-3-1-6-20-10-13/h1-4,6-7,10,14,16-17H,5,8-9,11-12H2,(H,21,23)/t14-,16+,17+/m1/s1. The van der Waals surface area contributed by atoms with Crippen molar-refractivity contribution in [2.45, 2.75) is 31.5 Å². The lowest BCUT2D eigenvalue weighted by Crippen LogP contribution is -2.55. The van der Waals surface area contributed by atoms with Crippen molar-refractivity contribution in [3.05, 3.63) is 54.2 Å². The van der Waals surface area contributed by atoms with Crippen molar-refractivity contribution in [3.8, 4) is 0 Å². The smallest absolute Gasteiger partial charge is 0.255 e. The Morgan fingerprint density at radius 3 is 3.00 bits per heavy atom. The van der Waals surface area contributed by atoms with Crippen molar-refractivity contribution in [1.29, 1.82) is 0 Å². The van der Waals surface area contributed by atoms with Crippen LogP contribution in [-0.4, -0.2) is 47.0 Å². The van der Waals surface area contributed by atoms with Gasteiger partial charge in [-0.15, -0.1) is 0 Å². The summed E-state index contributed by atoms with van der Waals surface area (Å²) in [5, 5.41) is 2.90. The topological polar surface area (TPSA) is 84.7 Å². The van der Waals surface area contributed by atoms with E-state index in [-0.39, 0.29) is 29.9 Å². The quantitative estimate of drug-likeness (QED) is 0.901. The van der Waals surface area contributed by atoms with E-state index in [9.17, 15) is 9.59 Å². The SMILES string of the molecule is O=C(NCc1ccco1)[C@@H]1C[C@@H]2OCC[C@@H]2N(C(=O)c2cccnc2)C1. The van der Waals surface area contributed by atoms with Gasteiger partial charge in [0.15, 0.2) is 0 Å². The predicted molar refractivity (Wildman–Crippen MR) is 92.1 cm³/mol. The van der Waals surface area contributed by atoms with Gasteiger partial charge >= 0.3 is 0 Å². The highest BCUT2D eigenvalue weighted by molar-refractivity contribution is 5.94. The summed E-state index contributed by atoms with van der Waals surface area (Å²) in [4.78, 5) is 31.4. The molecule has 2 saturated heterocycles. The number of amides is 2. The first-order valence-corrected chi connectivity index (χ1v) is 8.85. The van der Waals surface area contributed by atoms with Gasteiger partial charge in [0, 0.05) is 25.5 Å². The summed E-state index contributed by atoms with van der Waals surface area (Å²) in [5.41, 5.74) is 0.537. The summed E-state index contributed by atoms with van der Waals surface area (Å²) in [7, 11) is 0. The number of furan rings is 1. The van der Waals surface area contributed by atoms with Crippen LogP contribution in [-0.2, 0) is 16.1 Å². The predicted octanol–water partition coefficient (Wildman–Crippen LogP) is 1.61. The number of ether oxygens (including phenoxy) is 1. The molecule has 2 aliphatic heterocycles. The normalized spacial score (nSPS) is 24.9. The van der Waals surface area contributed by atoms with Gasteiger partial charge in [0.2, 0.25) is 5.91 Å². The molecule has 0 unspecified atom stereocenters. The Bertz CT molecular complexity index is 762. The van der Waals surface area contributed by atoms with E-state index >= 15 is 0 Å². The fraction of sp³-hybridized carbons (Fsp3) is 0.421. The largest absolute Gasteiger partial charge is 0.467 e. The summed E-state index contributed by atoms with van der Waals surface area (Å²) in [6.45, 7) is 1.35. The molecule has 4 rings (SSSR count). The Labute approximate surface area is 151 Å². The van der Waals surface area contributed by atoms with Crippen LogP contribution in [0, 0.1) is 5.92 Å². The number of fused-ring (bicyclic) bond motifs is 1. The lowest BCUT2D eigenvalue weighted by atomic mass is 9.89. The molecule has 7 heteroatoms. The molecule has 0 radical (unpaired) electrons. The number of nitrogens with zero attached hydrogens (tertiary/aromatic N) is 2. The molecule has 0 aliphatic carbocycles. The monoisotopic (exact) mass is 355 g/mol. The average Bonchev–Trinajstić information content (AvgIpc) is 3.37. The van der Waals surface area contributed by atoms with E-state index in [2.05, 4.69) is 10.3 Å². The van der Waals surface area contributed by atoms with Crippen molar-refractivity contribution < 1.29 is 18.7 Å². The van der Waals surface area contributed by atoms with Crippen LogP contribution in [0.2, 0.25) is 0 Å². The molecule has 2 aliphatic rings. The fourth-order valence-electron chi connectivity index (χ4n) is 3.76. The second-order valence-corrected chi connectivity index (χ2v) is 6.69. The fourth-order valence-corrected chi connectivity index (χ4v) is 3.76. The molecule has 0 saturated carbocycles. The molecule has 2 aromatic heterocycles. The molecular formula is C19H21N3O4. The Balaban J connectivity index is 1.47. The molecule has 136 valence electrons. The van der Waals surface area contributed by atoms with E-state index in [1.54, 1.807) is 41.8 Å². The number of carbonyl (C=O) groups is 2. The van der Waals surface area contributed by atoms with E-state index in [1.807, 2.05) is 6.07 Å². The summed E-state index contributed by atoms with van der Waals surface area (Å²) in [6.07, 6.45) is 6.12. The molecule has 0 spiro atoms. The first-order chi connectivity index (χ1) is 12.7. The number of carbonyl (C=O) groups excluding carboxylic acids is 2. The molecule has 0 bridgehead atoms. The lowest BCUT2D eigenvalue weighted by Gasteiger charge is -2.40. The minimum Gasteiger partial charge on any atom is -0.467 e. The van der Waals surface area contributed by atoms with Crippen molar-refractivity contribution in [3.63, 3.8) is 0 Å². The Kier molecular flexibility index (Phi) is 4.71. The van der Waals surface area contributed by atoms with E-state index in [0.29, 0.717) is 37.4 Å². The summed E-state index contributed by atoms with van der Waals surface area (Å²) < 4.78 is 11.0. The molecule has 4 heterocycles. The van der Waals surface area contributed by atoms with Gasteiger partial charge in [0.1, 0.15) is 5.76 Å². The number of hydrogen-bond donors (Lipinski definition) is 1. The van der Waals surface area contributed by atoms with Crippen LogP contribution < -0.4 is 5.32 Å². The Hall–Kier alpha value is -2.67. The van der Waals surface area contributed by atoms with Gasteiger partial charge in [-0.3, -0.25) is 14.6 Å². The third kappa shape index (κ3) is 3.35. The van der Waals surface area contributed by atoms with Gasteiger partial charge in [0.05, 0.1) is 36.4 Å². The molecule has 26 heavy (non-hydrogen) atoms. The van der Waals surface area contributed by atoms with Gasteiger partial charge < -0.3 is 19.4 Å². The maximum absolute atomic E-state index is 12.9. The molecular weight excluding hydrogens is 334 g/mol. The maximum Gasteiger partial charge on any atom is 0.255 e. The van der Waals surface area contributed by atoms with Crippen LogP contribution >= 0.6 is 0 Å². The maximum atomic E-state index is 12.9. The van der Waals surface area contributed by atoms with Crippen LogP contribution in [0.4, 0.5) is 0 Å². The van der Waals surface area contributed by atoms with Gasteiger partial charge in [-0.2, -0.15) is 0 Å². The molecule has 7 nitrogen and oxygen atoms in total. The van der Waals surface area contributed by atoms with Crippen LogP contribution in [0.15, 0.2) is 47.3 Å². The first-order valence-electron chi connectivity index (χ1n) is 8.85. The van der Waals surface area contributed by atoms with E-state index in [4.69, 9.17) is 9.15 Å². The van der Waals surface area contributed by atoms with Crippen LogP contribution in [0.5, 0.6) is 0 Å². The number of piperidine rings is 1. The second-order valence-electron chi connectivity index (χ2n) is 6.69. The van der Waals surface area contributed by atoms with Crippen molar-refractivity contribution in [1.82, 2.24) is 15.2 Å². The highest BCUT2D eigenvalue weighted by atomic mass is 16.5. The van der Waals surface area contributed by atoms with Gasteiger partial charge in [0.25, 0.3) is 5.91 Å². The number of likely N-dealkylation sites (tertiary alicyclic amines) is 1.